The quantitative estimate of drug-likeness (QED) is 0.356. The number of ether oxygens (including phenoxy) is 2. The molecule has 0 spiro atoms. The first-order valence-corrected chi connectivity index (χ1v) is 14.4. The van der Waals surface area contributed by atoms with E-state index in [9.17, 15) is 8.42 Å². The average molecular weight is 589 g/mol. The number of fused-ring (bicyclic) bond motifs is 2. The number of aromatic nitrogens is 2. The van der Waals surface area contributed by atoms with Crippen LogP contribution in [0.15, 0.2) is 62.6 Å². The standard InChI is InChI=1S/C24H22BrN5O4S2/c25-21-7-8-22(35-21)36(31,32)28-23-24(27-18-4-2-1-3-17(18)26-23)30-11-9-29(10-12-30)14-16-5-6-19-20(13-16)34-15-33-19/h1-8,13H,9-12,14-15H2,(H,26,28). The maximum atomic E-state index is 13.1. The number of anilines is 2. The fourth-order valence-electron chi connectivity index (χ4n) is 4.31. The first-order valence-electron chi connectivity index (χ1n) is 11.4. The molecule has 4 heterocycles. The number of thiophene rings is 1. The van der Waals surface area contributed by atoms with Gasteiger partial charge in [-0.25, -0.2) is 18.4 Å². The molecular formula is C24H22BrN5O4S2. The Hall–Kier alpha value is -2.93. The van der Waals surface area contributed by atoms with Gasteiger partial charge in [0, 0.05) is 32.7 Å². The molecule has 186 valence electrons. The lowest BCUT2D eigenvalue weighted by Gasteiger charge is -2.36. The number of nitrogens with one attached hydrogen (secondary N) is 1. The number of para-hydroxylation sites is 2. The van der Waals surface area contributed by atoms with Crippen LogP contribution in [0.2, 0.25) is 0 Å². The topological polar surface area (TPSA) is 96.9 Å². The summed E-state index contributed by atoms with van der Waals surface area (Å²) >= 11 is 4.48. The zero-order chi connectivity index (χ0) is 24.7. The van der Waals surface area contributed by atoms with Crippen LogP contribution in [0.5, 0.6) is 11.5 Å². The lowest BCUT2D eigenvalue weighted by Crippen LogP contribution is -2.46. The molecule has 9 nitrogen and oxygen atoms in total. The van der Waals surface area contributed by atoms with Gasteiger partial charge in [-0.1, -0.05) is 18.2 Å². The number of sulfonamides is 1. The molecule has 4 aromatic rings. The third-order valence-electron chi connectivity index (χ3n) is 6.11. The minimum atomic E-state index is -3.80. The Morgan fingerprint density at radius 3 is 2.44 bits per heavy atom. The van der Waals surface area contributed by atoms with E-state index in [0.29, 0.717) is 24.4 Å². The second-order valence-electron chi connectivity index (χ2n) is 8.50. The first kappa shape index (κ1) is 23.5. The molecule has 1 saturated heterocycles. The Kier molecular flexibility index (Phi) is 6.20. The predicted molar refractivity (Wildman–Crippen MR) is 142 cm³/mol. The van der Waals surface area contributed by atoms with Crippen LogP contribution in [-0.2, 0) is 16.6 Å². The molecule has 6 rings (SSSR count). The van der Waals surface area contributed by atoms with Crippen molar-refractivity contribution in [2.45, 2.75) is 10.8 Å². The van der Waals surface area contributed by atoms with E-state index >= 15 is 0 Å². The second-order valence-corrected chi connectivity index (χ2v) is 12.9. The minimum Gasteiger partial charge on any atom is -0.454 e. The molecule has 1 N–H and O–H groups in total. The second kappa shape index (κ2) is 9.51. The molecule has 2 aromatic heterocycles. The molecule has 2 aliphatic rings. The van der Waals surface area contributed by atoms with Crippen LogP contribution in [0.1, 0.15) is 5.56 Å². The van der Waals surface area contributed by atoms with Gasteiger partial charge < -0.3 is 14.4 Å². The number of nitrogens with zero attached hydrogens (tertiary/aromatic N) is 4. The van der Waals surface area contributed by atoms with Crippen LogP contribution in [0, 0.1) is 0 Å². The van der Waals surface area contributed by atoms with Gasteiger partial charge in [-0.3, -0.25) is 9.62 Å². The molecular weight excluding hydrogens is 566 g/mol. The number of benzene rings is 2. The van der Waals surface area contributed by atoms with E-state index in [4.69, 9.17) is 14.5 Å². The molecule has 0 saturated carbocycles. The molecule has 2 aromatic carbocycles. The summed E-state index contributed by atoms with van der Waals surface area (Å²) in [6.45, 7) is 4.04. The molecule has 0 radical (unpaired) electrons. The maximum Gasteiger partial charge on any atom is 0.272 e. The zero-order valence-corrected chi connectivity index (χ0v) is 22.3. The van der Waals surface area contributed by atoms with Crippen LogP contribution < -0.4 is 19.1 Å². The Morgan fingerprint density at radius 1 is 0.944 bits per heavy atom. The van der Waals surface area contributed by atoms with Gasteiger partial charge in [0.2, 0.25) is 6.79 Å². The van der Waals surface area contributed by atoms with Gasteiger partial charge >= 0.3 is 0 Å². The number of hydrogen-bond acceptors (Lipinski definition) is 9. The Morgan fingerprint density at radius 2 is 1.69 bits per heavy atom. The molecule has 2 aliphatic heterocycles. The molecule has 0 aliphatic carbocycles. The van der Waals surface area contributed by atoms with Crippen molar-refractivity contribution < 1.29 is 17.9 Å². The van der Waals surface area contributed by atoms with Crippen molar-refractivity contribution in [3.05, 3.63) is 63.9 Å². The van der Waals surface area contributed by atoms with Crippen molar-refractivity contribution in [1.82, 2.24) is 14.9 Å². The van der Waals surface area contributed by atoms with Crippen molar-refractivity contribution in [3.8, 4) is 11.5 Å². The van der Waals surface area contributed by atoms with Crippen molar-refractivity contribution >= 4 is 60.0 Å². The molecule has 0 bridgehead atoms. The van der Waals surface area contributed by atoms with Crippen molar-refractivity contribution in [2.75, 3.05) is 42.6 Å². The molecule has 36 heavy (non-hydrogen) atoms. The van der Waals surface area contributed by atoms with E-state index < -0.39 is 10.0 Å². The third-order valence-corrected chi connectivity index (χ3v) is 9.57. The van der Waals surface area contributed by atoms with E-state index in [0.717, 1.165) is 57.3 Å². The summed E-state index contributed by atoms with van der Waals surface area (Å²) in [4.78, 5) is 13.9. The zero-order valence-electron chi connectivity index (χ0n) is 19.1. The Bertz CT molecular complexity index is 1540. The number of hydrogen-bond donors (Lipinski definition) is 1. The van der Waals surface area contributed by atoms with Gasteiger partial charge in [0.25, 0.3) is 10.0 Å². The summed E-state index contributed by atoms with van der Waals surface area (Å²) in [6.07, 6.45) is 0. The normalized spacial score (nSPS) is 16.0. The summed E-state index contributed by atoms with van der Waals surface area (Å²) in [6, 6.07) is 16.8. The summed E-state index contributed by atoms with van der Waals surface area (Å²) in [7, 11) is -3.80. The van der Waals surface area contributed by atoms with Crippen molar-refractivity contribution in [3.63, 3.8) is 0 Å². The van der Waals surface area contributed by atoms with Gasteiger partial charge in [-0.2, -0.15) is 0 Å². The molecule has 0 unspecified atom stereocenters. The number of piperazine rings is 1. The van der Waals surface area contributed by atoms with Gasteiger partial charge in [-0.05, 0) is 57.9 Å². The highest BCUT2D eigenvalue weighted by Crippen LogP contribution is 2.34. The lowest BCUT2D eigenvalue weighted by atomic mass is 10.1. The fourth-order valence-corrected chi connectivity index (χ4v) is 7.33. The smallest absolute Gasteiger partial charge is 0.272 e. The van der Waals surface area contributed by atoms with Crippen LogP contribution in [0.25, 0.3) is 11.0 Å². The van der Waals surface area contributed by atoms with E-state index in [-0.39, 0.29) is 16.8 Å². The summed E-state index contributed by atoms with van der Waals surface area (Å²) in [5, 5.41) is 0. The molecule has 12 heteroatoms. The largest absolute Gasteiger partial charge is 0.454 e. The number of rotatable bonds is 6. The van der Waals surface area contributed by atoms with E-state index in [1.54, 1.807) is 12.1 Å². The monoisotopic (exact) mass is 587 g/mol. The average Bonchev–Trinajstić information content (AvgIpc) is 3.53. The van der Waals surface area contributed by atoms with Gasteiger partial charge in [0.1, 0.15) is 4.21 Å². The van der Waals surface area contributed by atoms with E-state index in [1.165, 1.54) is 0 Å². The lowest BCUT2D eigenvalue weighted by molar-refractivity contribution is 0.174. The Balaban J connectivity index is 1.23. The van der Waals surface area contributed by atoms with Gasteiger partial charge in [0.05, 0.1) is 14.8 Å². The van der Waals surface area contributed by atoms with Gasteiger partial charge in [0.15, 0.2) is 23.1 Å². The van der Waals surface area contributed by atoms with Crippen LogP contribution in [-0.4, -0.2) is 56.3 Å². The highest BCUT2D eigenvalue weighted by Gasteiger charge is 2.26. The van der Waals surface area contributed by atoms with Crippen LogP contribution >= 0.6 is 27.3 Å². The molecule has 1 fully saturated rings. The fraction of sp³-hybridized carbons (Fsp3) is 0.250. The predicted octanol–water partition coefficient (Wildman–Crippen LogP) is 4.31. The van der Waals surface area contributed by atoms with Crippen molar-refractivity contribution in [1.29, 1.82) is 0 Å². The number of halogens is 1. The van der Waals surface area contributed by atoms with Crippen LogP contribution in [0.3, 0.4) is 0 Å². The minimum absolute atomic E-state index is 0.212. The summed E-state index contributed by atoms with van der Waals surface area (Å²) in [5.41, 5.74) is 2.51. The summed E-state index contributed by atoms with van der Waals surface area (Å²) in [5.74, 6) is 2.34. The first-order chi connectivity index (χ1) is 17.4. The summed E-state index contributed by atoms with van der Waals surface area (Å²) < 4.78 is 40.7. The SMILES string of the molecule is O=S(=O)(Nc1nc2ccccc2nc1N1CCN(Cc2ccc3c(c2)OCO3)CC1)c1ccc(Br)s1. The third kappa shape index (κ3) is 4.73. The van der Waals surface area contributed by atoms with Crippen molar-refractivity contribution in [2.24, 2.45) is 0 Å². The maximum absolute atomic E-state index is 13.1. The molecule has 0 atom stereocenters. The van der Waals surface area contributed by atoms with Gasteiger partial charge in [-0.15, -0.1) is 11.3 Å². The highest BCUT2D eigenvalue weighted by atomic mass is 79.9. The van der Waals surface area contributed by atoms with E-state index in [1.807, 2.05) is 36.4 Å². The molecule has 0 amide bonds. The van der Waals surface area contributed by atoms with Crippen LogP contribution in [0.4, 0.5) is 11.6 Å². The van der Waals surface area contributed by atoms with E-state index in [2.05, 4.69) is 41.5 Å². The highest BCUT2D eigenvalue weighted by molar-refractivity contribution is 9.11. The Labute approximate surface area is 220 Å².